The Morgan fingerprint density at radius 1 is 1.26 bits per heavy atom. The lowest BCUT2D eigenvalue weighted by molar-refractivity contribution is -0.384. The van der Waals surface area contributed by atoms with E-state index in [2.05, 4.69) is 47.6 Å². The predicted octanol–water partition coefficient (Wildman–Crippen LogP) is 5.06. The average molecular weight is 363 g/mol. The second-order valence-corrected chi connectivity index (χ2v) is 7.54. The summed E-state index contributed by atoms with van der Waals surface area (Å²) >= 11 is 0. The summed E-state index contributed by atoms with van der Waals surface area (Å²) in [5, 5.41) is 15.9. The lowest BCUT2D eigenvalue weighted by Gasteiger charge is -2.27. The van der Waals surface area contributed by atoms with Crippen LogP contribution in [0.5, 0.6) is 0 Å². The molecule has 2 N–H and O–H groups in total. The third-order valence-electron chi connectivity index (χ3n) is 5.60. The molecule has 0 fully saturated rings. The van der Waals surface area contributed by atoms with Crippen molar-refractivity contribution in [1.29, 1.82) is 0 Å². The number of aryl methyl sites for hydroxylation is 2. The molecule has 140 valence electrons. The van der Waals surface area contributed by atoms with E-state index in [-0.39, 0.29) is 16.7 Å². The third-order valence-corrected chi connectivity index (χ3v) is 5.60. The molecule has 5 nitrogen and oxygen atoms in total. The van der Waals surface area contributed by atoms with Crippen LogP contribution < -0.4 is 5.32 Å². The first-order valence-electron chi connectivity index (χ1n) is 9.70. The molecule has 1 aliphatic rings. The van der Waals surface area contributed by atoms with E-state index >= 15 is 0 Å². The van der Waals surface area contributed by atoms with Gasteiger partial charge in [-0.3, -0.25) is 10.1 Å². The fourth-order valence-electron chi connectivity index (χ4n) is 4.19. The van der Waals surface area contributed by atoms with Gasteiger partial charge in [0.25, 0.3) is 5.69 Å². The van der Waals surface area contributed by atoms with Crippen LogP contribution in [-0.2, 0) is 12.8 Å². The van der Waals surface area contributed by atoms with Crippen LogP contribution in [0.25, 0.3) is 10.9 Å². The van der Waals surface area contributed by atoms with Gasteiger partial charge >= 0.3 is 0 Å². The third kappa shape index (κ3) is 3.74. The van der Waals surface area contributed by atoms with Crippen molar-refractivity contribution in [3.05, 3.63) is 75.5 Å². The zero-order valence-electron chi connectivity index (χ0n) is 15.6. The average Bonchev–Trinajstić information content (AvgIpc) is 3.06. The van der Waals surface area contributed by atoms with Gasteiger partial charge in [-0.15, -0.1) is 0 Å². The molecule has 0 saturated heterocycles. The van der Waals surface area contributed by atoms with Crippen LogP contribution in [0.4, 0.5) is 5.69 Å². The van der Waals surface area contributed by atoms with E-state index in [9.17, 15) is 10.1 Å². The second-order valence-electron chi connectivity index (χ2n) is 7.54. The lowest BCUT2D eigenvalue weighted by atomic mass is 9.91. The van der Waals surface area contributed by atoms with Gasteiger partial charge < -0.3 is 10.3 Å². The van der Waals surface area contributed by atoms with Gasteiger partial charge in [0.05, 0.1) is 4.92 Å². The molecule has 0 spiro atoms. The summed E-state index contributed by atoms with van der Waals surface area (Å²) in [5.74, 6) is 0. The first-order chi connectivity index (χ1) is 13.1. The Kier molecular flexibility index (Phi) is 4.94. The maximum absolute atomic E-state index is 11.1. The van der Waals surface area contributed by atoms with Gasteiger partial charge in [-0.25, -0.2) is 0 Å². The molecule has 3 aromatic rings. The Morgan fingerprint density at radius 2 is 2.07 bits per heavy atom. The summed E-state index contributed by atoms with van der Waals surface area (Å²) in [5.41, 5.74) is 4.98. The Labute approximate surface area is 158 Å². The van der Waals surface area contributed by atoms with Crippen LogP contribution >= 0.6 is 0 Å². The molecule has 2 atom stereocenters. The normalized spacial score (nSPS) is 17.6. The monoisotopic (exact) mass is 363 g/mol. The van der Waals surface area contributed by atoms with E-state index in [1.165, 1.54) is 16.8 Å². The van der Waals surface area contributed by atoms with Crippen molar-refractivity contribution in [2.24, 2.45) is 0 Å². The number of hydrogen-bond donors (Lipinski definition) is 2. The van der Waals surface area contributed by atoms with E-state index < -0.39 is 0 Å². The topological polar surface area (TPSA) is 71.0 Å². The molecule has 1 aromatic heterocycles. The van der Waals surface area contributed by atoms with Gasteiger partial charge in [0, 0.05) is 40.8 Å². The van der Waals surface area contributed by atoms with Gasteiger partial charge in [0.1, 0.15) is 0 Å². The molecular weight excluding hydrogens is 338 g/mol. The van der Waals surface area contributed by atoms with Crippen LogP contribution in [0, 0.1) is 10.1 Å². The SMILES string of the molecule is C[C@@H](CCc1ccccc1)N[C@H]1CCCc2c1[nH]c1ccc([N+](=O)[O-])cc21. The van der Waals surface area contributed by atoms with Crippen molar-refractivity contribution >= 4 is 16.6 Å². The number of fused-ring (bicyclic) bond motifs is 3. The molecule has 27 heavy (non-hydrogen) atoms. The largest absolute Gasteiger partial charge is 0.357 e. The molecule has 2 aromatic carbocycles. The van der Waals surface area contributed by atoms with Crippen LogP contribution in [0.15, 0.2) is 48.5 Å². The molecule has 0 saturated carbocycles. The molecule has 0 unspecified atom stereocenters. The molecule has 1 heterocycles. The van der Waals surface area contributed by atoms with E-state index in [0.29, 0.717) is 6.04 Å². The number of benzene rings is 2. The minimum Gasteiger partial charge on any atom is -0.357 e. The fourth-order valence-corrected chi connectivity index (χ4v) is 4.19. The second kappa shape index (κ2) is 7.53. The summed E-state index contributed by atoms with van der Waals surface area (Å²) in [7, 11) is 0. The highest BCUT2D eigenvalue weighted by Gasteiger charge is 2.26. The molecule has 5 heteroatoms. The molecule has 4 rings (SSSR count). The first-order valence-corrected chi connectivity index (χ1v) is 9.70. The van der Waals surface area contributed by atoms with E-state index in [4.69, 9.17) is 0 Å². The zero-order valence-corrected chi connectivity index (χ0v) is 15.6. The fraction of sp³-hybridized carbons (Fsp3) is 0.364. The van der Waals surface area contributed by atoms with Crippen LogP contribution in [0.2, 0.25) is 0 Å². The maximum atomic E-state index is 11.1. The zero-order chi connectivity index (χ0) is 18.8. The van der Waals surface area contributed by atoms with Gasteiger partial charge in [0.15, 0.2) is 0 Å². The summed E-state index contributed by atoms with van der Waals surface area (Å²) in [6.45, 7) is 2.24. The van der Waals surface area contributed by atoms with Gasteiger partial charge in [-0.1, -0.05) is 30.3 Å². The van der Waals surface area contributed by atoms with Crippen molar-refractivity contribution < 1.29 is 4.92 Å². The summed E-state index contributed by atoms with van der Waals surface area (Å²) in [6.07, 6.45) is 5.32. The minimum atomic E-state index is -0.316. The number of nitrogens with one attached hydrogen (secondary N) is 2. The Balaban J connectivity index is 1.51. The van der Waals surface area contributed by atoms with E-state index in [1.807, 2.05) is 6.07 Å². The van der Waals surface area contributed by atoms with Gasteiger partial charge in [-0.2, -0.15) is 0 Å². The number of nitro groups is 1. The van der Waals surface area contributed by atoms with Crippen LogP contribution in [-0.4, -0.2) is 15.9 Å². The smallest absolute Gasteiger partial charge is 0.270 e. The number of non-ortho nitro benzene ring substituents is 1. The predicted molar refractivity (Wildman–Crippen MR) is 108 cm³/mol. The number of nitro benzene ring substituents is 1. The molecule has 0 aliphatic heterocycles. The maximum Gasteiger partial charge on any atom is 0.270 e. The number of hydrogen-bond acceptors (Lipinski definition) is 3. The number of aromatic amines is 1. The van der Waals surface area contributed by atoms with Gasteiger partial charge in [-0.05, 0) is 56.2 Å². The van der Waals surface area contributed by atoms with Crippen molar-refractivity contribution in [3.63, 3.8) is 0 Å². The molecule has 0 bridgehead atoms. The molecule has 0 radical (unpaired) electrons. The number of aromatic nitrogens is 1. The van der Waals surface area contributed by atoms with Crippen LogP contribution in [0.3, 0.4) is 0 Å². The van der Waals surface area contributed by atoms with E-state index in [1.54, 1.807) is 12.1 Å². The van der Waals surface area contributed by atoms with Crippen molar-refractivity contribution in [1.82, 2.24) is 10.3 Å². The molecule has 0 amide bonds. The van der Waals surface area contributed by atoms with Gasteiger partial charge in [0.2, 0.25) is 0 Å². The summed E-state index contributed by atoms with van der Waals surface area (Å²) in [6, 6.07) is 16.4. The number of H-pyrrole nitrogens is 1. The highest BCUT2D eigenvalue weighted by atomic mass is 16.6. The number of nitrogens with zero attached hydrogens (tertiary/aromatic N) is 1. The standard InChI is InChI=1S/C22H25N3O2/c1-15(10-11-16-6-3-2-4-7-16)23-21-9-5-8-18-19-14-17(25(26)27)12-13-20(19)24-22(18)21/h2-4,6-7,12-15,21,23-24H,5,8-11H2,1H3/t15-,21-/m0/s1. The minimum absolute atomic E-state index is 0.163. The van der Waals surface area contributed by atoms with Crippen molar-refractivity contribution in [2.45, 2.75) is 51.1 Å². The Morgan fingerprint density at radius 3 is 2.85 bits per heavy atom. The molecule has 1 aliphatic carbocycles. The first kappa shape index (κ1) is 17.7. The summed E-state index contributed by atoms with van der Waals surface area (Å²) in [4.78, 5) is 14.3. The van der Waals surface area contributed by atoms with Crippen molar-refractivity contribution in [2.75, 3.05) is 0 Å². The van der Waals surface area contributed by atoms with E-state index in [0.717, 1.165) is 43.0 Å². The van der Waals surface area contributed by atoms with Crippen LogP contribution in [0.1, 0.15) is 49.0 Å². The van der Waals surface area contributed by atoms with Crippen molar-refractivity contribution in [3.8, 4) is 0 Å². The Hall–Kier alpha value is -2.66. The highest BCUT2D eigenvalue weighted by Crippen LogP contribution is 2.36. The molecular formula is C22H25N3O2. The number of rotatable bonds is 6. The highest BCUT2D eigenvalue weighted by molar-refractivity contribution is 5.87. The summed E-state index contributed by atoms with van der Waals surface area (Å²) < 4.78 is 0. The lowest BCUT2D eigenvalue weighted by Crippen LogP contribution is -2.33. The quantitative estimate of drug-likeness (QED) is 0.475. The Bertz CT molecular complexity index is 949.